The number of halogens is 1. The molecule has 3 rings (SSSR count). The van der Waals surface area contributed by atoms with Gasteiger partial charge in [-0.3, -0.25) is 0 Å². The van der Waals surface area contributed by atoms with E-state index in [9.17, 15) is 12.8 Å². The number of nitrogens with zero attached hydrogens (tertiary/aromatic N) is 1. The first-order chi connectivity index (χ1) is 12.8. The summed E-state index contributed by atoms with van der Waals surface area (Å²) in [5.41, 5.74) is 7.57. The normalized spacial score (nSPS) is 20.6. The molecule has 8 heteroatoms. The summed E-state index contributed by atoms with van der Waals surface area (Å²) in [7, 11) is -1.09. The van der Waals surface area contributed by atoms with Gasteiger partial charge in [-0.25, -0.2) is 12.8 Å². The Hall–Kier alpha value is -2.16. The van der Waals surface area contributed by atoms with Crippen LogP contribution in [0.15, 0.2) is 41.3 Å². The van der Waals surface area contributed by atoms with Gasteiger partial charge in [0.25, 0.3) is 10.0 Å². The highest BCUT2D eigenvalue weighted by molar-refractivity contribution is 7.89. The maximum atomic E-state index is 13.6. The molecule has 2 aromatic rings. The zero-order chi connectivity index (χ0) is 19.8. The van der Waals surface area contributed by atoms with Crippen LogP contribution in [0.1, 0.15) is 17.0 Å². The van der Waals surface area contributed by atoms with E-state index in [1.807, 2.05) is 0 Å². The van der Waals surface area contributed by atoms with Gasteiger partial charge in [0.15, 0.2) is 4.90 Å². The Labute approximate surface area is 158 Å². The number of methoxy groups -OCH3 is 2. The molecular formula is C19H23FN2O4S. The lowest BCUT2D eigenvalue weighted by molar-refractivity contribution is 0.366. The molecule has 1 saturated heterocycles. The summed E-state index contributed by atoms with van der Waals surface area (Å²) in [5.74, 6) is -0.211. The van der Waals surface area contributed by atoms with Crippen LogP contribution >= 0.6 is 0 Å². The molecule has 2 N–H and O–H groups in total. The van der Waals surface area contributed by atoms with Gasteiger partial charge in [0.05, 0.1) is 14.2 Å². The lowest BCUT2D eigenvalue weighted by atomic mass is 9.95. The predicted octanol–water partition coefficient (Wildman–Crippen LogP) is 2.27. The van der Waals surface area contributed by atoms with Crippen molar-refractivity contribution in [3.05, 3.63) is 53.3 Å². The molecule has 27 heavy (non-hydrogen) atoms. The molecule has 0 spiro atoms. The topological polar surface area (TPSA) is 81.9 Å². The van der Waals surface area contributed by atoms with E-state index in [2.05, 4.69) is 0 Å². The number of ether oxygens (including phenoxy) is 2. The minimum atomic E-state index is -3.92. The smallest absolute Gasteiger partial charge is 0.250 e. The molecule has 1 aliphatic rings. The van der Waals surface area contributed by atoms with Crippen LogP contribution in [0.2, 0.25) is 0 Å². The van der Waals surface area contributed by atoms with Gasteiger partial charge in [0.2, 0.25) is 0 Å². The average Bonchev–Trinajstić information content (AvgIpc) is 3.04. The lowest BCUT2D eigenvalue weighted by Crippen LogP contribution is -2.32. The van der Waals surface area contributed by atoms with E-state index in [0.29, 0.717) is 11.1 Å². The van der Waals surface area contributed by atoms with Crippen molar-refractivity contribution in [1.82, 2.24) is 4.31 Å². The van der Waals surface area contributed by atoms with Crippen LogP contribution in [0.3, 0.4) is 0 Å². The summed E-state index contributed by atoms with van der Waals surface area (Å²) in [4.78, 5) is -0.0143. The fourth-order valence-corrected chi connectivity index (χ4v) is 5.38. The van der Waals surface area contributed by atoms with Crippen LogP contribution in [-0.2, 0) is 10.0 Å². The van der Waals surface area contributed by atoms with E-state index in [1.54, 1.807) is 31.2 Å². The summed E-state index contributed by atoms with van der Waals surface area (Å²) in [6.07, 6.45) is 0. The molecule has 0 radical (unpaired) electrons. The fraction of sp³-hybridized carbons (Fsp3) is 0.368. The van der Waals surface area contributed by atoms with E-state index in [1.165, 1.54) is 30.7 Å². The third-order valence-electron chi connectivity index (χ3n) is 4.90. The molecule has 0 aliphatic carbocycles. The Morgan fingerprint density at radius 3 is 2.52 bits per heavy atom. The molecule has 2 atom stereocenters. The summed E-state index contributed by atoms with van der Waals surface area (Å²) < 4.78 is 52.3. The van der Waals surface area contributed by atoms with Crippen molar-refractivity contribution in [3.8, 4) is 11.5 Å². The lowest BCUT2D eigenvalue weighted by Gasteiger charge is -2.21. The highest BCUT2D eigenvalue weighted by Gasteiger charge is 2.41. The van der Waals surface area contributed by atoms with E-state index in [0.717, 1.165) is 0 Å². The molecule has 146 valence electrons. The summed E-state index contributed by atoms with van der Waals surface area (Å²) in [6, 6.07) is 9.00. The van der Waals surface area contributed by atoms with E-state index >= 15 is 0 Å². The zero-order valence-electron chi connectivity index (χ0n) is 15.5. The second-order valence-electron chi connectivity index (χ2n) is 6.59. The Bertz CT molecular complexity index is 949. The van der Waals surface area contributed by atoms with Gasteiger partial charge in [-0.05, 0) is 36.2 Å². The summed E-state index contributed by atoms with van der Waals surface area (Å²) in [5, 5.41) is 0. The highest BCUT2D eigenvalue weighted by atomic mass is 32.2. The molecule has 0 bridgehead atoms. The van der Waals surface area contributed by atoms with Gasteiger partial charge in [-0.1, -0.05) is 18.2 Å². The quantitative estimate of drug-likeness (QED) is 0.841. The van der Waals surface area contributed by atoms with E-state index in [4.69, 9.17) is 15.2 Å². The van der Waals surface area contributed by atoms with Crippen molar-refractivity contribution in [2.24, 2.45) is 5.73 Å². The number of hydrogen-bond acceptors (Lipinski definition) is 5. The first-order valence-corrected chi connectivity index (χ1v) is 9.96. The highest BCUT2D eigenvalue weighted by Crippen LogP contribution is 2.40. The maximum absolute atomic E-state index is 13.6. The molecule has 1 fully saturated rings. The van der Waals surface area contributed by atoms with Crippen LogP contribution in [0.25, 0.3) is 0 Å². The minimum Gasteiger partial charge on any atom is -0.495 e. The predicted molar refractivity (Wildman–Crippen MR) is 100 cm³/mol. The van der Waals surface area contributed by atoms with Crippen molar-refractivity contribution in [2.45, 2.75) is 23.8 Å². The van der Waals surface area contributed by atoms with E-state index in [-0.39, 0.29) is 41.2 Å². The van der Waals surface area contributed by atoms with Gasteiger partial charge >= 0.3 is 0 Å². The molecule has 0 amide bonds. The second-order valence-corrected chi connectivity index (χ2v) is 8.47. The van der Waals surface area contributed by atoms with E-state index < -0.39 is 16.1 Å². The number of sulfonamides is 1. The number of benzene rings is 2. The SMILES string of the molecule is COc1ccc(C)c(OC)c1S(=O)(=O)N1C[C@@H](N)[C@H](c2cccc(F)c2)C1. The minimum absolute atomic E-state index is 0.0143. The van der Waals surface area contributed by atoms with Gasteiger partial charge in [-0.15, -0.1) is 0 Å². The third-order valence-corrected chi connectivity index (χ3v) is 6.78. The number of hydrogen-bond donors (Lipinski definition) is 1. The first-order valence-electron chi connectivity index (χ1n) is 8.52. The Morgan fingerprint density at radius 1 is 1.15 bits per heavy atom. The molecule has 2 aromatic carbocycles. The molecule has 1 heterocycles. The van der Waals surface area contributed by atoms with Crippen LogP contribution in [-0.4, -0.2) is 46.1 Å². The van der Waals surface area contributed by atoms with Crippen LogP contribution in [0, 0.1) is 12.7 Å². The van der Waals surface area contributed by atoms with Crippen molar-refractivity contribution in [3.63, 3.8) is 0 Å². The van der Waals surface area contributed by atoms with Gasteiger partial charge in [0, 0.05) is 25.0 Å². The van der Waals surface area contributed by atoms with Gasteiger partial charge < -0.3 is 15.2 Å². The second kappa shape index (κ2) is 7.46. The summed E-state index contributed by atoms with van der Waals surface area (Å²) in [6.45, 7) is 2.06. The van der Waals surface area contributed by atoms with Gasteiger partial charge in [-0.2, -0.15) is 4.31 Å². The summed E-state index contributed by atoms with van der Waals surface area (Å²) >= 11 is 0. The van der Waals surface area contributed by atoms with Crippen molar-refractivity contribution in [1.29, 1.82) is 0 Å². The molecule has 6 nitrogen and oxygen atoms in total. The van der Waals surface area contributed by atoms with Crippen LogP contribution < -0.4 is 15.2 Å². The number of rotatable bonds is 5. The largest absolute Gasteiger partial charge is 0.495 e. The van der Waals surface area contributed by atoms with Crippen LogP contribution in [0.4, 0.5) is 4.39 Å². The monoisotopic (exact) mass is 394 g/mol. The molecule has 1 aliphatic heterocycles. The Kier molecular flexibility index (Phi) is 5.41. The Morgan fingerprint density at radius 2 is 1.89 bits per heavy atom. The first kappa shape index (κ1) is 19.6. The van der Waals surface area contributed by atoms with Crippen molar-refractivity contribution in [2.75, 3.05) is 27.3 Å². The van der Waals surface area contributed by atoms with Crippen LogP contribution in [0.5, 0.6) is 11.5 Å². The standard InChI is InChI=1S/C19H23FN2O4S/c1-12-7-8-17(25-2)19(18(12)26-3)27(23,24)22-10-15(16(21)11-22)13-5-4-6-14(20)9-13/h4-9,15-16H,10-11,21H2,1-3H3/t15-,16+/m0/s1. The average molecular weight is 394 g/mol. The van der Waals surface area contributed by atoms with Gasteiger partial charge in [0.1, 0.15) is 17.3 Å². The number of aryl methyl sites for hydroxylation is 1. The third kappa shape index (κ3) is 3.52. The number of nitrogens with two attached hydrogens (primary N) is 1. The van der Waals surface area contributed by atoms with Crippen molar-refractivity contribution >= 4 is 10.0 Å². The van der Waals surface area contributed by atoms with Crippen molar-refractivity contribution < 1.29 is 22.3 Å². The fourth-order valence-electron chi connectivity index (χ4n) is 3.51. The zero-order valence-corrected chi connectivity index (χ0v) is 16.3. The molecule has 0 aromatic heterocycles. The Balaban J connectivity index is 2.01. The molecular weight excluding hydrogens is 371 g/mol. The maximum Gasteiger partial charge on any atom is 0.250 e. The molecule has 0 unspecified atom stereocenters. The molecule has 0 saturated carbocycles.